The predicted octanol–water partition coefficient (Wildman–Crippen LogP) is 5.99. The molecule has 14 heteroatoms. The van der Waals surface area contributed by atoms with Gasteiger partial charge in [0.1, 0.15) is 18.2 Å². The Balaban J connectivity index is 1.22. The van der Waals surface area contributed by atoms with Gasteiger partial charge in [-0.3, -0.25) is 8.98 Å². The fraction of sp³-hybridized carbons (Fsp3) is 0.276. The number of methoxy groups -OCH3 is 1. The Morgan fingerprint density at radius 2 is 1.81 bits per heavy atom. The summed E-state index contributed by atoms with van der Waals surface area (Å²) in [5.41, 5.74) is 0.631. The van der Waals surface area contributed by atoms with Gasteiger partial charge in [0.05, 0.1) is 46.3 Å². The highest BCUT2D eigenvalue weighted by atomic mass is 35.5. The van der Waals surface area contributed by atoms with E-state index in [0.29, 0.717) is 54.2 Å². The van der Waals surface area contributed by atoms with Crippen molar-refractivity contribution >= 4 is 61.6 Å². The summed E-state index contributed by atoms with van der Waals surface area (Å²) in [5.74, 6) is 0.301. The van der Waals surface area contributed by atoms with Crippen molar-refractivity contribution in [3.05, 3.63) is 76.8 Å². The molecule has 0 atom stereocenters. The molecule has 0 aliphatic carbocycles. The number of nitrogens with zero attached hydrogens (tertiary/aromatic N) is 3. The number of rotatable bonds is 10. The van der Waals surface area contributed by atoms with Crippen LogP contribution in [0.5, 0.6) is 11.5 Å². The molecule has 1 aliphatic heterocycles. The lowest BCUT2D eigenvalue weighted by Crippen LogP contribution is -2.42. The molecular weight excluding hydrogens is 622 g/mol. The molecule has 1 fully saturated rings. The Bertz CT molecular complexity index is 1740. The minimum atomic E-state index is -3.92. The van der Waals surface area contributed by atoms with Crippen molar-refractivity contribution in [3.63, 3.8) is 0 Å². The Labute approximate surface area is 257 Å². The summed E-state index contributed by atoms with van der Waals surface area (Å²) in [5, 5.41) is 3.39. The van der Waals surface area contributed by atoms with E-state index in [-0.39, 0.29) is 45.7 Å². The van der Waals surface area contributed by atoms with E-state index in [1.54, 1.807) is 35.2 Å². The number of amides is 1. The molecular formula is C29H27Cl2FN4O6S. The van der Waals surface area contributed by atoms with Crippen molar-refractivity contribution in [1.82, 2.24) is 14.9 Å². The van der Waals surface area contributed by atoms with Crippen LogP contribution in [-0.2, 0) is 19.1 Å². The van der Waals surface area contributed by atoms with Crippen LogP contribution in [0.25, 0.3) is 10.9 Å². The van der Waals surface area contributed by atoms with E-state index in [1.165, 1.54) is 37.7 Å². The highest BCUT2D eigenvalue weighted by molar-refractivity contribution is 7.86. The third-order valence-electron chi connectivity index (χ3n) is 6.88. The Morgan fingerprint density at radius 3 is 2.53 bits per heavy atom. The molecule has 1 aliphatic rings. The zero-order chi connectivity index (χ0) is 30.6. The smallest absolute Gasteiger partial charge is 0.296 e. The number of carbonyl (C=O) groups excluding carboxylic acids is 1. The standard InChI is InChI=1S/C29H27Cl2FN4O6S/c1-40-24-16-23-20(29(34-17-33-23)35-22-8-7-21(30)27(31)28(22)32)15-25(24)42-18-9-12-36(13-10-18)26(37)11-14-41-43(38,39)19-5-3-2-4-6-19/h2-8,15-18H,9-14H2,1H3,(H,33,34,35). The first-order valence-corrected chi connectivity index (χ1v) is 15.4. The van der Waals surface area contributed by atoms with E-state index >= 15 is 0 Å². The second-order valence-electron chi connectivity index (χ2n) is 9.63. The van der Waals surface area contributed by atoms with Crippen LogP contribution in [0, 0.1) is 5.82 Å². The Hall–Kier alpha value is -3.71. The molecule has 0 unspecified atom stereocenters. The number of hydrogen-bond donors (Lipinski definition) is 1. The Morgan fingerprint density at radius 1 is 1.07 bits per heavy atom. The van der Waals surface area contributed by atoms with Crippen molar-refractivity contribution in [2.75, 3.05) is 32.1 Å². The number of likely N-dealkylation sites (tertiary alicyclic amines) is 1. The SMILES string of the molecule is COc1cc2ncnc(Nc3ccc(Cl)c(Cl)c3F)c2cc1OC1CCN(C(=O)CCOS(=O)(=O)c2ccccc2)CC1. The average molecular weight is 650 g/mol. The first-order chi connectivity index (χ1) is 20.7. The van der Waals surface area contributed by atoms with E-state index in [1.807, 2.05) is 0 Å². The molecule has 1 saturated heterocycles. The molecule has 4 aromatic rings. The summed E-state index contributed by atoms with van der Waals surface area (Å²) in [4.78, 5) is 23.0. The van der Waals surface area contributed by atoms with E-state index in [0.717, 1.165) is 0 Å². The summed E-state index contributed by atoms with van der Waals surface area (Å²) < 4.78 is 56.1. The van der Waals surface area contributed by atoms with Gasteiger partial charge in [-0.1, -0.05) is 41.4 Å². The Kier molecular flexibility index (Phi) is 9.50. The van der Waals surface area contributed by atoms with Gasteiger partial charge < -0.3 is 19.7 Å². The molecule has 0 spiro atoms. The molecule has 1 amide bonds. The van der Waals surface area contributed by atoms with Gasteiger partial charge in [-0.05, 0) is 30.3 Å². The van der Waals surface area contributed by atoms with E-state index in [2.05, 4.69) is 15.3 Å². The molecule has 1 N–H and O–H groups in total. The maximum Gasteiger partial charge on any atom is 0.296 e. The lowest BCUT2D eigenvalue weighted by atomic mass is 10.1. The van der Waals surface area contributed by atoms with E-state index in [4.69, 9.17) is 36.9 Å². The first kappa shape index (κ1) is 30.7. The van der Waals surface area contributed by atoms with Gasteiger partial charge in [0, 0.05) is 37.4 Å². The summed E-state index contributed by atoms with van der Waals surface area (Å²) in [6.07, 6.45) is 2.14. The van der Waals surface area contributed by atoms with Crippen molar-refractivity contribution in [2.45, 2.75) is 30.3 Å². The fourth-order valence-corrected chi connectivity index (χ4v) is 5.86. The second-order valence-corrected chi connectivity index (χ2v) is 12.0. The number of fused-ring (bicyclic) bond motifs is 1. The zero-order valence-corrected chi connectivity index (χ0v) is 25.3. The van der Waals surface area contributed by atoms with Crippen LogP contribution < -0.4 is 14.8 Å². The van der Waals surface area contributed by atoms with E-state index < -0.39 is 15.9 Å². The first-order valence-electron chi connectivity index (χ1n) is 13.3. The molecule has 5 rings (SSSR count). The summed E-state index contributed by atoms with van der Waals surface area (Å²) in [6.45, 7) is 0.611. The molecule has 0 saturated carbocycles. The third kappa shape index (κ3) is 7.10. The van der Waals surface area contributed by atoms with Crippen LogP contribution in [0.15, 0.2) is 65.8 Å². The van der Waals surface area contributed by atoms with Gasteiger partial charge in [0.25, 0.3) is 10.1 Å². The number of ether oxygens (including phenoxy) is 2. The lowest BCUT2D eigenvalue weighted by molar-refractivity contribution is -0.133. The van der Waals surface area contributed by atoms with Gasteiger partial charge in [-0.2, -0.15) is 8.42 Å². The number of benzene rings is 3. The largest absolute Gasteiger partial charge is 0.493 e. The average Bonchev–Trinajstić information content (AvgIpc) is 3.02. The van der Waals surface area contributed by atoms with Gasteiger partial charge in [0.15, 0.2) is 17.3 Å². The number of aromatic nitrogens is 2. The maximum absolute atomic E-state index is 14.7. The topological polar surface area (TPSA) is 120 Å². The molecule has 2 heterocycles. The van der Waals surface area contributed by atoms with Gasteiger partial charge >= 0.3 is 0 Å². The number of halogens is 3. The fourth-order valence-electron chi connectivity index (χ4n) is 4.62. The summed E-state index contributed by atoms with van der Waals surface area (Å²) in [6, 6.07) is 14.1. The summed E-state index contributed by atoms with van der Waals surface area (Å²) in [7, 11) is -2.41. The van der Waals surface area contributed by atoms with Crippen molar-refractivity contribution < 1.29 is 31.3 Å². The summed E-state index contributed by atoms with van der Waals surface area (Å²) >= 11 is 11.9. The van der Waals surface area contributed by atoms with Gasteiger partial charge in [0.2, 0.25) is 5.91 Å². The minimum Gasteiger partial charge on any atom is -0.493 e. The third-order valence-corrected chi connectivity index (χ3v) is 8.99. The molecule has 3 aromatic carbocycles. The van der Waals surface area contributed by atoms with E-state index in [9.17, 15) is 17.6 Å². The van der Waals surface area contributed by atoms with Crippen LogP contribution in [-0.4, -0.2) is 62.1 Å². The molecule has 43 heavy (non-hydrogen) atoms. The molecule has 0 radical (unpaired) electrons. The molecule has 226 valence electrons. The quantitative estimate of drug-likeness (QED) is 0.163. The van der Waals surface area contributed by atoms with Crippen LogP contribution in [0.3, 0.4) is 0 Å². The van der Waals surface area contributed by atoms with Crippen LogP contribution in [0.4, 0.5) is 15.9 Å². The predicted molar refractivity (Wildman–Crippen MR) is 160 cm³/mol. The van der Waals surface area contributed by atoms with Crippen molar-refractivity contribution in [1.29, 1.82) is 0 Å². The molecule has 0 bridgehead atoms. The number of anilines is 2. The van der Waals surface area contributed by atoms with Crippen LogP contribution in [0.2, 0.25) is 10.0 Å². The van der Waals surface area contributed by atoms with Gasteiger partial charge in [-0.15, -0.1) is 0 Å². The van der Waals surface area contributed by atoms with Gasteiger partial charge in [-0.25, -0.2) is 14.4 Å². The highest BCUT2D eigenvalue weighted by Gasteiger charge is 2.26. The normalized spacial score (nSPS) is 14.1. The highest BCUT2D eigenvalue weighted by Crippen LogP contribution is 2.37. The monoisotopic (exact) mass is 648 g/mol. The number of nitrogens with one attached hydrogen (secondary N) is 1. The van der Waals surface area contributed by atoms with Crippen molar-refractivity contribution in [3.8, 4) is 11.5 Å². The number of carbonyl (C=O) groups is 1. The lowest BCUT2D eigenvalue weighted by Gasteiger charge is -2.32. The second kappa shape index (κ2) is 13.3. The molecule has 1 aromatic heterocycles. The number of hydrogen-bond acceptors (Lipinski definition) is 9. The zero-order valence-electron chi connectivity index (χ0n) is 22.9. The number of piperidine rings is 1. The van der Waals surface area contributed by atoms with Crippen LogP contribution in [0.1, 0.15) is 19.3 Å². The maximum atomic E-state index is 14.7. The molecule has 10 nitrogen and oxygen atoms in total. The minimum absolute atomic E-state index is 0.0422. The van der Waals surface area contributed by atoms with Crippen LogP contribution >= 0.6 is 23.2 Å². The van der Waals surface area contributed by atoms with Crippen molar-refractivity contribution in [2.24, 2.45) is 0 Å².